The summed E-state index contributed by atoms with van der Waals surface area (Å²) in [6, 6.07) is -0.122. The highest BCUT2D eigenvalue weighted by atomic mass is 32.1. The number of aryl methyl sites for hydroxylation is 3. The minimum Gasteiger partial charge on any atom is -0.396 e. The lowest BCUT2D eigenvalue weighted by Crippen LogP contribution is -2.38. The lowest BCUT2D eigenvalue weighted by Gasteiger charge is -2.11. The molecule has 1 aromatic rings. The summed E-state index contributed by atoms with van der Waals surface area (Å²) in [5.74, 6) is 0.303. The average molecular weight is 325 g/mol. The van der Waals surface area contributed by atoms with E-state index >= 15 is 0 Å². The van der Waals surface area contributed by atoms with Crippen molar-refractivity contribution in [3.63, 3.8) is 0 Å². The van der Waals surface area contributed by atoms with Crippen molar-refractivity contribution in [2.75, 3.05) is 19.7 Å². The van der Waals surface area contributed by atoms with Crippen LogP contribution in [0, 0.1) is 5.92 Å². The zero-order chi connectivity index (χ0) is 15.8. The molecule has 0 aromatic carbocycles. The molecule has 1 atom stereocenters. The summed E-state index contributed by atoms with van der Waals surface area (Å²) in [4.78, 5) is 17.8. The Labute approximate surface area is 136 Å². The summed E-state index contributed by atoms with van der Waals surface area (Å²) in [6.45, 7) is 3.46. The van der Waals surface area contributed by atoms with Gasteiger partial charge in [0.05, 0.1) is 10.7 Å². The highest BCUT2D eigenvalue weighted by Crippen LogP contribution is 2.27. The standard InChI is InChI=1S/C16H27N3O2S/c1-12(8-10-20)11-18-16(21)17-9-4-7-15-19-13-5-2-3-6-14(13)22-15/h12,20H,2-11H2,1H3,(H2,17,18,21). The number of nitrogens with zero attached hydrogens (tertiary/aromatic N) is 1. The maximum Gasteiger partial charge on any atom is 0.314 e. The van der Waals surface area contributed by atoms with Crippen LogP contribution in [0.5, 0.6) is 0 Å². The molecular weight excluding hydrogens is 298 g/mol. The molecular formula is C16H27N3O2S. The molecule has 2 amide bonds. The van der Waals surface area contributed by atoms with Gasteiger partial charge in [-0.15, -0.1) is 11.3 Å². The maximum absolute atomic E-state index is 11.6. The molecule has 1 aliphatic carbocycles. The van der Waals surface area contributed by atoms with Gasteiger partial charge in [-0.2, -0.15) is 0 Å². The lowest BCUT2D eigenvalue weighted by atomic mass is 10.0. The van der Waals surface area contributed by atoms with E-state index in [1.165, 1.54) is 34.8 Å². The molecule has 1 aliphatic rings. The van der Waals surface area contributed by atoms with Crippen molar-refractivity contribution in [1.29, 1.82) is 0 Å². The molecule has 124 valence electrons. The van der Waals surface area contributed by atoms with Gasteiger partial charge in [0.2, 0.25) is 0 Å². The van der Waals surface area contributed by atoms with Gasteiger partial charge >= 0.3 is 6.03 Å². The van der Waals surface area contributed by atoms with Crippen LogP contribution in [0.15, 0.2) is 0 Å². The highest BCUT2D eigenvalue weighted by molar-refractivity contribution is 7.11. The molecule has 22 heavy (non-hydrogen) atoms. The molecule has 2 rings (SSSR count). The van der Waals surface area contributed by atoms with Gasteiger partial charge in [-0.05, 0) is 44.4 Å². The molecule has 5 nitrogen and oxygen atoms in total. The fourth-order valence-electron chi connectivity index (χ4n) is 2.61. The van der Waals surface area contributed by atoms with E-state index in [2.05, 4.69) is 10.6 Å². The smallest absolute Gasteiger partial charge is 0.314 e. The largest absolute Gasteiger partial charge is 0.396 e. The second-order valence-electron chi connectivity index (χ2n) is 6.04. The molecule has 0 spiro atoms. The van der Waals surface area contributed by atoms with Gasteiger partial charge in [-0.3, -0.25) is 0 Å². The highest BCUT2D eigenvalue weighted by Gasteiger charge is 2.14. The van der Waals surface area contributed by atoms with E-state index in [0.717, 1.165) is 25.7 Å². The fourth-order valence-corrected chi connectivity index (χ4v) is 3.80. The van der Waals surface area contributed by atoms with Gasteiger partial charge in [-0.1, -0.05) is 6.92 Å². The summed E-state index contributed by atoms with van der Waals surface area (Å²) < 4.78 is 0. The molecule has 0 saturated heterocycles. The van der Waals surface area contributed by atoms with E-state index in [1.54, 1.807) is 0 Å². The monoisotopic (exact) mass is 325 g/mol. The van der Waals surface area contributed by atoms with Crippen LogP contribution in [0.25, 0.3) is 0 Å². The number of thiazole rings is 1. The van der Waals surface area contributed by atoms with Crippen molar-refractivity contribution in [3.8, 4) is 0 Å². The van der Waals surface area contributed by atoms with Crippen molar-refractivity contribution in [2.24, 2.45) is 5.92 Å². The molecule has 0 radical (unpaired) electrons. The van der Waals surface area contributed by atoms with E-state index in [0.29, 0.717) is 19.0 Å². The molecule has 0 bridgehead atoms. The van der Waals surface area contributed by atoms with Crippen LogP contribution in [0.1, 0.15) is 48.2 Å². The summed E-state index contributed by atoms with van der Waals surface area (Å²) >= 11 is 1.85. The third-order valence-electron chi connectivity index (χ3n) is 3.98. The number of carbonyl (C=O) groups excluding carboxylic acids is 1. The van der Waals surface area contributed by atoms with Gasteiger partial charge in [0.25, 0.3) is 0 Å². The number of nitrogens with one attached hydrogen (secondary N) is 2. The maximum atomic E-state index is 11.6. The molecule has 1 heterocycles. The minimum absolute atomic E-state index is 0.122. The van der Waals surface area contributed by atoms with Gasteiger partial charge < -0.3 is 15.7 Å². The summed E-state index contributed by atoms with van der Waals surface area (Å²) in [7, 11) is 0. The number of urea groups is 1. The van der Waals surface area contributed by atoms with E-state index in [1.807, 2.05) is 18.3 Å². The quantitative estimate of drug-likeness (QED) is 0.642. The molecule has 0 aliphatic heterocycles. The van der Waals surface area contributed by atoms with Crippen LogP contribution in [-0.4, -0.2) is 35.8 Å². The summed E-state index contributed by atoms with van der Waals surface area (Å²) in [5, 5.41) is 15.7. The first-order valence-electron chi connectivity index (χ1n) is 8.29. The first-order chi connectivity index (χ1) is 10.7. The van der Waals surface area contributed by atoms with E-state index in [4.69, 9.17) is 10.1 Å². The Kier molecular flexibility index (Phi) is 7.12. The SMILES string of the molecule is CC(CCO)CNC(=O)NCCCc1nc2c(s1)CCCC2. The number of hydrogen-bond acceptors (Lipinski definition) is 4. The minimum atomic E-state index is -0.122. The molecule has 1 unspecified atom stereocenters. The number of aliphatic hydroxyl groups is 1. The zero-order valence-corrected chi connectivity index (χ0v) is 14.2. The summed E-state index contributed by atoms with van der Waals surface area (Å²) in [5.41, 5.74) is 1.31. The van der Waals surface area contributed by atoms with Crippen LogP contribution in [-0.2, 0) is 19.3 Å². The number of fused-ring (bicyclic) bond motifs is 1. The molecule has 6 heteroatoms. The topological polar surface area (TPSA) is 74.2 Å². The predicted molar refractivity (Wildman–Crippen MR) is 89.3 cm³/mol. The first kappa shape index (κ1) is 17.2. The lowest BCUT2D eigenvalue weighted by molar-refractivity contribution is 0.234. The van der Waals surface area contributed by atoms with Crippen LogP contribution in [0.4, 0.5) is 4.79 Å². The second kappa shape index (κ2) is 9.10. The van der Waals surface area contributed by atoms with E-state index in [-0.39, 0.29) is 12.6 Å². The first-order valence-corrected chi connectivity index (χ1v) is 9.10. The Morgan fingerprint density at radius 2 is 2.18 bits per heavy atom. The van der Waals surface area contributed by atoms with Crippen LogP contribution < -0.4 is 10.6 Å². The normalized spacial score (nSPS) is 15.2. The Hall–Kier alpha value is -1.14. The number of hydrogen-bond donors (Lipinski definition) is 3. The molecule has 0 saturated carbocycles. The van der Waals surface area contributed by atoms with E-state index < -0.39 is 0 Å². The summed E-state index contributed by atoms with van der Waals surface area (Å²) in [6.07, 6.45) is 7.48. The zero-order valence-electron chi connectivity index (χ0n) is 13.4. The second-order valence-corrected chi connectivity index (χ2v) is 7.21. The Morgan fingerprint density at radius 3 is 2.95 bits per heavy atom. The Morgan fingerprint density at radius 1 is 1.36 bits per heavy atom. The van der Waals surface area contributed by atoms with Gasteiger partial charge in [0.15, 0.2) is 0 Å². The average Bonchev–Trinajstić information content (AvgIpc) is 2.92. The molecule has 3 N–H and O–H groups in total. The van der Waals surface area contributed by atoms with Crippen molar-refractivity contribution < 1.29 is 9.90 Å². The van der Waals surface area contributed by atoms with Gasteiger partial charge in [0, 0.05) is 31.0 Å². The van der Waals surface area contributed by atoms with E-state index in [9.17, 15) is 4.79 Å². The number of aromatic nitrogens is 1. The van der Waals surface area contributed by atoms with Gasteiger partial charge in [0.1, 0.15) is 0 Å². The Balaban J connectivity index is 1.58. The predicted octanol–water partition coefficient (Wildman–Crippen LogP) is 2.27. The van der Waals surface area contributed by atoms with Crippen LogP contribution in [0.2, 0.25) is 0 Å². The number of rotatable bonds is 8. The fraction of sp³-hybridized carbons (Fsp3) is 0.750. The van der Waals surface area contributed by atoms with Crippen LogP contribution >= 0.6 is 11.3 Å². The van der Waals surface area contributed by atoms with Crippen molar-refractivity contribution >= 4 is 17.4 Å². The van der Waals surface area contributed by atoms with Gasteiger partial charge in [-0.25, -0.2) is 9.78 Å². The number of amides is 2. The van der Waals surface area contributed by atoms with Crippen LogP contribution in [0.3, 0.4) is 0 Å². The third-order valence-corrected chi connectivity index (χ3v) is 5.19. The Bertz CT molecular complexity index is 452. The third kappa shape index (κ3) is 5.57. The number of carbonyl (C=O) groups is 1. The van der Waals surface area contributed by atoms with Crippen molar-refractivity contribution in [1.82, 2.24) is 15.6 Å². The van der Waals surface area contributed by atoms with Crippen molar-refractivity contribution in [3.05, 3.63) is 15.6 Å². The number of aliphatic hydroxyl groups excluding tert-OH is 1. The van der Waals surface area contributed by atoms with Crippen molar-refractivity contribution in [2.45, 2.75) is 51.9 Å². The molecule has 1 aromatic heterocycles. The molecule has 0 fully saturated rings.